The number of carbonyl (C=O) groups excluding carboxylic acids is 1. The second kappa shape index (κ2) is 7.13. The van der Waals surface area contributed by atoms with E-state index in [9.17, 15) is 9.18 Å². The van der Waals surface area contributed by atoms with Crippen LogP contribution >= 0.6 is 0 Å². The Bertz CT molecular complexity index is 1180. The average molecular weight is 388 g/mol. The zero-order chi connectivity index (χ0) is 20.6. The number of carbonyl (C=O) groups is 1. The van der Waals surface area contributed by atoms with Crippen molar-refractivity contribution in [3.05, 3.63) is 78.2 Å². The molecule has 0 aliphatic rings. The van der Waals surface area contributed by atoms with E-state index in [2.05, 4.69) is 15.4 Å². The first-order valence-corrected chi connectivity index (χ1v) is 9.35. The number of aromatic nitrogens is 3. The van der Waals surface area contributed by atoms with E-state index in [4.69, 9.17) is 0 Å². The van der Waals surface area contributed by atoms with Gasteiger partial charge in [-0.2, -0.15) is 5.10 Å². The molecule has 0 aliphatic carbocycles. The maximum Gasteiger partial charge on any atom is 0.270 e. The van der Waals surface area contributed by atoms with Gasteiger partial charge in [-0.25, -0.2) is 13.9 Å². The Hall–Kier alpha value is -3.54. The number of rotatable bonds is 3. The highest BCUT2D eigenvalue weighted by Crippen LogP contribution is 2.25. The fourth-order valence-electron chi connectivity index (χ4n) is 3.07. The van der Waals surface area contributed by atoms with E-state index in [1.165, 1.54) is 12.1 Å². The van der Waals surface area contributed by atoms with Gasteiger partial charge in [-0.1, -0.05) is 30.3 Å². The van der Waals surface area contributed by atoms with Crippen molar-refractivity contribution in [1.82, 2.24) is 19.9 Å². The Morgan fingerprint density at radius 3 is 2.31 bits per heavy atom. The van der Waals surface area contributed by atoms with Gasteiger partial charge in [0.15, 0.2) is 5.65 Å². The molecule has 146 valence electrons. The summed E-state index contributed by atoms with van der Waals surface area (Å²) >= 11 is 0. The van der Waals surface area contributed by atoms with E-state index in [1.807, 2.05) is 57.2 Å². The highest BCUT2D eigenvalue weighted by Gasteiger charge is 2.20. The minimum absolute atomic E-state index is 0.272. The third-order valence-corrected chi connectivity index (χ3v) is 4.36. The van der Waals surface area contributed by atoms with Crippen molar-refractivity contribution in [1.29, 1.82) is 0 Å². The Balaban J connectivity index is 1.90. The fraction of sp³-hybridized carbons (Fsp3) is 0.174. The molecule has 0 saturated heterocycles. The molecular formula is C23H21FN4O. The van der Waals surface area contributed by atoms with E-state index in [1.54, 1.807) is 22.7 Å². The molecule has 0 unspecified atom stereocenters. The number of nitrogens with one attached hydrogen (secondary N) is 1. The van der Waals surface area contributed by atoms with Crippen molar-refractivity contribution >= 4 is 11.6 Å². The van der Waals surface area contributed by atoms with Gasteiger partial charge in [0.25, 0.3) is 5.91 Å². The molecule has 2 aromatic heterocycles. The van der Waals surface area contributed by atoms with Crippen LogP contribution in [0.3, 0.4) is 0 Å². The predicted molar refractivity (Wildman–Crippen MR) is 111 cm³/mol. The number of halogens is 1. The zero-order valence-electron chi connectivity index (χ0n) is 16.5. The monoisotopic (exact) mass is 388 g/mol. The molecule has 1 amide bonds. The summed E-state index contributed by atoms with van der Waals surface area (Å²) in [6.07, 6.45) is 0. The molecule has 5 nitrogen and oxygen atoms in total. The SMILES string of the molecule is CC(C)(C)NC(=O)c1cc(-c2ccc(F)cc2)n2nc(-c3ccccc3)cc2n1. The van der Waals surface area contributed by atoms with Crippen molar-refractivity contribution < 1.29 is 9.18 Å². The van der Waals surface area contributed by atoms with Crippen LogP contribution in [0, 0.1) is 5.82 Å². The first-order valence-electron chi connectivity index (χ1n) is 9.35. The Morgan fingerprint density at radius 2 is 1.66 bits per heavy atom. The summed E-state index contributed by atoms with van der Waals surface area (Å²) < 4.78 is 15.1. The predicted octanol–water partition coefficient (Wildman–Crippen LogP) is 4.73. The molecule has 29 heavy (non-hydrogen) atoms. The second-order valence-electron chi connectivity index (χ2n) is 7.90. The Morgan fingerprint density at radius 1 is 0.966 bits per heavy atom. The summed E-state index contributed by atoms with van der Waals surface area (Å²) in [7, 11) is 0. The highest BCUT2D eigenvalue weighted by molar-refractivity contribution is 5.94. The first kappa shape index (κ1) is 18.8. The lowest BCUT2D eigenvalue weighted by Crippen LogP contribution is -2.41. The van der Waals surface area contributed by atoms with Gasteiger partial charge in [0.2, 0.25) is 0 Å². The van der Waals surface area contributed by atoms with Gasteiger partial charge in [-0.05, 0) is 51.1 Å². The lowest BCUT2D eigenvalue weighted by atomic mass is 10.1. The van der Waals surface area contributed by atoms with Crippen LogP contribution in [-0.4, -0.2) is 26.0 Å². The lowest BCUT2D eigenvalue weighted by Gasteiger charge is -2.20. The lowest BCUT2D eigenvalue weighted by molar-refractivity contribution is 0.0914. The number of fused-ring (bicyclic) bond motifs is 1. The van der Waals surface area contributed by atoms with Crippen molar-refractivity contribution in [3.63, 3.8) is 0 Å². The zero-order valence-corrected chi connectivity index (χ0v) is 16.5. The molecule has 4 aromatic rings. The van der Waals surface area contributed by atoms with Crippen LogP contribution < -0.4 is 5.32 Å². The van der Waals surface area contributed by atoms with Gasteiger partial charge in [0.1, 0.15) is 11.5 Å². The molecule has 0 saturated carbocycles. The molecule has 0 radical (unpaired) electrons. The van der Waals surface area contributed by atoms with Crippen LogP contribution in [0.5, 0.6) is 0 Å². The summed E-state index contributed by atoms with van der Waals surface area (Å²) in [5, 5.41) is 7.62. The molecular weight excluding hydrogens is 367 g/mol. The minimum Gasteiger partial charge on any atom is -0.346 e. The van der Waals surface area contributed by atoms with Gasteiger partial charge in [-0.3, -0.25) is 4.79 Å². The van der Waals surface area contributed by atoms with Crippen molar-refractivity contribution in [3.8, 4) is 22.5 Å². The highest BCUT2D eigenvalue weighted by atomic mass is 19.1. The van der Waals surface area contributed by atoms with Crippen LogP contribution in [0.4, 0.5) is 4.39 Å². The van der Waals surface area contributed by atoms with E-state index >= 15 is 0 Å². The number of benzene rings is 2. The molecule has 6 heteroatoms. The molecule has 1 N–H and O–H groups in total. The van der Waals surface area contributed by atoms with Crippen LogP contribution in [0.2, 0.25) is 0 Å². The number of hydrogen-bond donors (Lipinski definition) is 1. The van der Waals surface area contributed by atoms with Gasteiger partial charge in [-0.15, -0.1) is 0 Å². The standard InChI is InChI=1S/C23H21FN4O/c1-23(2,3)26-22(29)19-13-20(16-9-11-17(24)12-10-16)28-21(25-19)14-18(27-28)15-7-5-4-6-8-15/h4-14H,1-3H3,(H,26,29). The molecule has 0 spiro atoms. The summed E-state index contributed by atoms with van der Waals surface area (Å²) in [5.41, 5.74) is 3.54. The summed E-state index contributed by atoms with van der Waals surface area (Å²) in [6, 6.07) is 19.4. The summed E-state index contributed by atoms with van der Waals surface area (Å²) in [4.78, 5) is 17.3. The van der Waals surface area contributed by atoms with E-state index in [-0.39, 0.29) is 17.4 Å². The fourth-order valence-corrected chi connectivity index (χ4v) is 3.07. The van der Waals surface area contributed by atoms with Crippen molar-refractivity contribution in [2.75, 3.05) is 0 Å². The number of hydrogen-bond acceptors (Lipinski definition) is 3. The number of nitrogens with zero attached hydrogens (tertiary/aromatic N) is 3. The second-order valence-corrected chi connectivity index (χ2v) is 7.90. The largest absolute Gasteiger partial charge is 0.346 e. The quantitative estimate of drug-likeness (QED) is 0.552. The molecule has 4 rings (SSSR count). The molecule has 2 aromatic carbocycles. The van der Waals surface area contributed by atoms with Gasteiger partial charge < -0.3 is 5.32 Å². The summed E-state index contributed by atoms with van der Waals surface area (Å²) in [6.45, 7) is 5.74. The van der Waals surface area contributed by atoms with E-state index in [0.29, 0.717) is 11.3 Å². The molecule has 0 atom stereocenters. The average Bonchev–Trinajstić information content (AvgIpc) is 3.11. The van der Waals surface area contributed by atoms with Crippen LogP contribution in [0.1, 0.15) is 31.3 Å². The molecule has 0 fully saturated rings. The molecule has 2 heterocycles. The van der Waals surface area contributed by atoms with Crippen LogP contribution in [0.25, 0.3) is 28.2 Å². The van der Waals surface area contributed by atoms with Gasteiger partial charge >= 0.3 is 0 Å². The van der Waals surface area contributed by atoms with Crippen LogP contribution in [0.15, 0.2) is 66.7 Å². The molecule has 0 aliphatic heterocycles. The van der Waals surface area contributed by atoms with E-state index < -0.39 is 5.54 Å². The summed E-state index contributed by atoms with van der Waals surface area (Å²) in [5.74, 6) is -0.596. The van der Waals surface area contributed by atoms with Crippen molar-refractivity contribution in [2.45, 2.75) is 26.3 Å². The molecule has 0 bridgehead atoms. The van der Waals surface area contributed by atoms with Gasteiger partial charge in [0, 0.05) is 22.7 Å². The smallest absolute Gasteiger partial charge is 0.270 e. The Kier molecular flexibility index (Phi) is 4.62. The number of amides is 1. The Labute approximate surface area is 168 Å². The maximum absolute atomic E-state index is 13.4. The first-order chi connectivity index (χ1) is 13.8. The topological polar surface area (TPSA) is 59.3 Å². The maximum atomic E-state index is 13.4. The third-order valence-electron chi connectivity index (χ3n) is 4.36. The van der Waals surface area contributed by atoms with Crippen molar-refractivity contribution in [2.24, 2.45) is 0 Å². The normalized spacial score (nSPS) is 11.6. The van der Waals surface area contributed by atoms with Gasteiger partial charge in [0.05, 0.1) is 11.4 Å². The van der Waals surface area contributed by atoms with Crippen LogP contribution in [-0.2, 0) is 0 Å². The third kappa shape index (κ3) is 4.01. The van der Waals surface area contributed by atoms with E-state index in [0.717, 1.165) is 16.8 Å². The minimum atomic E-state index is -0.392.